The number of carbonyl (C=O) groups excluding carboxylic acids is 3. The van der Waals surface area contributed by atoms with Gasteiger partial charge in [-0.2, -0.15) is 0 Å². The van der Waals surface area contributed by atoms with Gasteiger partial charge < -0.3 is 14.8 Å². The highest BCUT2D eigenvalue weighted by Crippen LogP contribution is 2.45. The van der Waals surface area contributed by atoms with Crippen LogP contribution in [0.25, 0.3) is 21.6 Å². The van der Waals surface area contributed by atoms with Crippen LogP contribution in [-0.2, 0) is 24.3 Å². The standard InChI is InChI=1S/C31H35N5O7S2/c1-5-18-16-31(18,28(38)35-45(40,41)20-12-13-20)34-26(37)23-15-19(17-36(23)29(39)43-30(2,3)4)42-27-25(24-11-8-14-44-24)32-21-9-6-7-10-22(21)33-27/h5-11,14,18-20,23H,1,12-13,15-17H2,2-4H3,(H,34,37)(H,35,38)/t18-,19-,23+,31-/m1/s1. The van der Waals surface area contributed by atoms with Gasteiger partial charge in [0.1, 0.15) is 29.0 Å². The van der Waals surface area contributed by atoms with E-state index in [1.165, 1.54) is 22.3 Å². The number of carbonyl (C=O) groups is 3. The molecule has 3 aromatic rings. The van der Waals surface area contributed by atoms with Crippen molar-refractivity contribution in [1.82, 2.24) is 24.9 Å². The Morgan fingerprint density at radius 3 is 2.42 bits per heavy atom. The van der Waals surface area contributed by atoms with Crippen LogP contribution in [0.5, 0.6) is 5.88 Å². The third kappa shape index (κ3) is 6.39. The second-order valence-electron chi connectivity index (χ2n) is 12.6. The van der Waals surface area contributed by atoms with E-state index in [2.05, 4.69) is 16.6 Å². The molecule has 3 amide bonds. The van der Waals surface area contributed by atoms with Crippen LogP contribution in [0, 0.1) is 5.92 Å². The second kappa shape index (κ2) is 11.4. The largest absolute Gasteiger partial charge is 0.471 e. The number of likely N-dealkylation sites (tertiary alicyclic amines) is 1. The molecule has 3 aliphatic rings. The van der Waals surface area contributed by atoms with Crippen molar-refractivity contribution in [2.75, 3.05) is 6.54 Å². The summed E-state index contributed by atoms with van der Waals surface area (Å²) in [6.45, 7) is 8.92. The minimum atomic E-state index is -3.84. The number of nitrogens with zero attached hydrogens (tertiary/aromatic N) is 3. The van der Waals surface area contributed by atoms with Gasteiger partial charge in [0.15, 0.2) is 0 Å². The van der Waals surface area contributed by atoms with E-state index in [0.29, 0.717) is 29.6 Å². The van der Waals surface area contributed by atoms with Crippen molar-refractivity contribution in [3.05, 3.63) is 54.4 Å². The Hall–Kier alpha value is -4.04. The van der Waals surface area contributed by atoms with Crippen LogP contribution in [0.15, 0.2) is 54.4 Å². The summed E-state index contributed by atoms with van der Waals surface area (Å²) in [7, 11) is -3.84. The fraction of sp³-hybridized carbons (Fsp3) is 0.452. The molecular formula is C31H35N5O7S2. The Kier molecular flexibility index (Phi) is 7.84. The van der Waals surface area contributed by atoms with Crippen molar-refractivity contribution in [3.8, 4) is 16.5 Å². The lowest BCUT2D eigenvalue weighted by molar-refractivity contribution is -0.131. The molecule has 0 unspecified atom stereocenters. The highest BCUT2D eigenvalue weighted by Gasteiger charge is 2.62. The number of hydrogen-bond acceptors (Lipinski definition) is 10. The molecule has 0 radical (unpaired) electrons. The third-order valence-corrected chi connectivity index (χ3v) is 10.7. The first kappa shape index (κ1) is 31.0. The molecule has 0 bridgehead atoms. The van der Waals surface area contributed by atoms with Crippen LogP contribution in [-0.4, -0.2) is 76.3 Å². The number of sulfonamides is 1. The number of amides is 3. The van der Waals surface area contributed by atoms with Crippen LogP contribution < -0.4 is 14.8 Å². The molecule has 238 valence electrons. The van der Waals surface area contributed by atoms with Crippen molar-refractivity contribution >= 4 is 50.3 Å². The smallest absolute Gasteiger partial charge is 0.411 e. The van der Waals surface area contributed by atoms with Crippen LogP contribution in [0.1, 0.15) is 46.5 Å². The summed E-state index contributed by atoms with van der Waals surface area (Å²) < 4.78 is 39.2. The van der Waals surface area contributed by atoms with Gasteiger partial charge in [0.05, 0.1) is 27.7 Å². The molecular weight excluding hydrogens is 619 g/mol. The first-order chi connectivity index (χ1) is 21.3. The van der Waals surface area contributed by atoms with Crippen LogP contribution >= 0.6 is 11.3 Å². The SMILES string of the molecule is C=C[C@@H]1C[C@]1(NC(=O)[C@@H]1C[C@@H](Oc2nc3ccccc3nc2-c2cccs2)CN1C(=O)OC(C)(C)C)C(=O)NS(=O)(=O)C1CC1. The van der Waals surface area contributed by atoms with Gasteiger partial charge in [-0.15, -0.1) is 17.9 Å². The summed E-state index contributed by atoms with van der Waals surface area (Å²) in [6.07, 6.45) is 1.35. The Morgan fingerprint density at radius 2 is 1.82 bits per heavy atom. The number of nitrogens with one attached hydrogen (secondary N) is 2. The molecule has 4 atom stereocenters. The van der Waals surface area contributed by atoms with Crippen molar-refractivity contribution in [1.29, 1.82) is 0 Å². The minimum absolute atomic E-state index is 0.00549. The van der Waals surface area contributed by atoms with E-state index < -0.39 is 62.4 Å². The number of para-hydroxylation sites is 2. The van der Waals surface area contributed by atoms with Gasteiger partial charge in [0, 0.05) is 12.3 Å². The van der Waals surface area contributed by atoms with Gasteiger partial charge in [-0.1, -0.05) is 24.3 Å². The molecule has 3 fully saturated rings. The molecule has 45 heavy (non-hydrogen) atoms. The van der Waals surface area contributed by atoms with Crippen LogP contribution in [0.2, 0.25) is 0 Å². The second-order valence-corrected chi connectivity index (χ2v) is 15.6. The Bertz CT molecular complexity index is 1770. The van der Waals surface area contributed by atoms with E-state index >= 15 is 0 Å². The van der Waals surface area contributed by atoms with Crippen molar-refractivity contribution in [2.45, 2.75) is 75.0 Å². The monoisotopic (exact) mass is 653 g/mol. The van der Waals surface area contributed by atoms with Crippen molar-refractivity contribution in [3.63, 3.8) is 0 Å². The number of rotatable bonds is 9. The van der Waals surface area contributed by atoms with E-state index in [4.69, 9.17) is 19.4 Å². The molecule has 3 heterocycles. The molecule has 2 aliphatic carbocycles. The van der Waals surface area contributed by atoms with Crippen LogP contribution in [0.4, 0.5) is 4.79 Å². The van der Waals surface area contributed by atoms with Gasteiger partial charge in [-0.05, 0) is 63.6 Å². The molecule has 14 heteroatoms. The molecule has 1 saturated heterocycles. The number of aromatic nitrogens is 2. The van der Waals surface area contributed by atoms with E-state index in [1.807, 2.05) is 41.8 Å². The molecule has 2 N–H and O–H groups in total. The highest BCUT2D eigenvalue weighted by molar-refractivity contribution is 7.91. The van der Waals surface area contributed by atoms with E-state index in [1.54, 1.807) is 20.8 Å². The summed E-state index contributed by atoms with van der Waals surface area (Å²) in [6, 6.07) is 10.1. The molecule has 12 nitrogen and oxygen atoms in total. The third-order valence-electron chi connectivity index (χ3n) is 8.01. The Labute approximate surface area is 265 Å². The van der Waals surface area contributed by atoms with Gasteiger partial charge in [0.25, 0.3) is 5.91 Å². The molecule has 6 rings (SSSR count). The van der Waals surface area contributed by atoms with E-state index in [0.717, 1.165) is 4.88 Å². The lowest BCUT2D eigenvalue weighted by Gasteiger charge is -2.29. The van der Waals surface area contributed by atoms with Gasteiger partial charge in [-0.25, -0.2) is 23.2 Å². The lowest BCUT2D eigenvalue weighted by Crippen LogP contribution is -2.56. The van der Waals surface area contributed by atoms with Gasteiger partial charge >= 0.3 is 6.09 Å². The zero-order valence-corrected chi connectivity index (χ0v) is 26.8. The van der Waals surface area contributed by atoms with Gasteiger partial charge in [0.2, 0.25) is 21.8 Å². The summed E-state index contributed by atoms with van der Waals surface area (Å²) in [5.74, 6) is -1.64. The quantitative estimate of drug-likeness (QED) is 0.328. The normalized spacial score (nSPS) is 24.6. The maximum Gasteiger partial charge on any atom is 0.411 e. The molecule has 0 spiro atoms. The average molecular weight is 654 g/mol. The van der Waals surface area contributed by atoms with Crippen molar-refractivity contribution in [2.24, 2.45) is 5.92 Å². The fourth-order valence-electron chi connectivity index (χ4n) is 5.47. The summed E-state index contributed by atoms with van der Waals surface area (Å²) >= 11 is 1.48. The molecule has 2 saturated carbocycles. The predicted molar refractivity (Wildman–Crippen MR) is 168 cm³/mol. The maximum absolute atomic E-state index is 13.9. The number of hydrogen-bond donors (Lipinski definition) is 2. The molecule has 1 aromatic carbocycles. The molecule has 2 aromatic heterocycles. The van der Waals surface area contributed by atoms with Crippen molar-refractivity contribution < 1.29 is 32.3 Å². The minimum Gasteiger partial charge on any atom is -0.471 e. The van der Waals surface area contributed by atoms with E-state index in [9.17, 15) is 22.8 Å². The summed E-state index contributed by atoms with van der Waals surface area (Å²) in [4.78, 5) is 52.2. The Morgan fingerprint density at radius 1 is 1.11 bits per heavy atom. The average Bonchev–Trinajstić information content (AvgIpc) is 3.85. The first-order valence-corrected chi connectivity index (χ1v) is 17.2. The van der Waals surface area contributed by atoms with E-state index in [-0.39, 0.29) is 25.3 Å². The summed E-state index contributed by atoms with van der Waals surface area (Å²) in [5.41, 5.74) is -0.464. The topological polar surface area (TPSA) is 157 Å². The number of thiophene rings is 1. The number of fused-ring (bicyclic) bond motifs is 1. The molecule has 1 aliphatic heterocycles. The maximum atomic E-state index is 13.9. The van der Waals surface area contributed by atoms with Crippen LogP contribution in [0.3, 0.4) is 0 Å². The van der Waals surface area contributed by atoms with Gasteiger partial charge in [-0.3, -0.25) is 19.2 Å². The first-order valence-electron chi connectivity index (χ1n) is 14.8. The highest BCUT2D eigenvalue weighted by atomic mass is 32.2. The Balaban J connectivity index is 1.27. The zero-order valence-electron chi connectivity index (χ0n) is 25.2. The predicted octanol–water partition coefficient (Wildman–Crippen LogP) is 3.78. The zero-order chi connectivity index (χ0) is 32.1. The number of ether oxygens (including phenoxy) is 2. The summed E-state index contributed by atoms with van der Waals surface area (Å²) in [5, 5.41) is 4.08. The fourth-order valence-corrected chi connectivity index (χ4v) is 7.54. The number of benzene rings is 1. The lowest BCUT2D eigenvalue weighted by atomic mass is 10.1.